The molecule has 0 saturated heterocycles. The number of fused-ring (bicyclic) bond motifs is 1. The highest BCUT2D eigenvalue weighted by Gasteiger charge is 2.41. The smallest absolute Gasteiger partial charge is 0.192 e. The minimum Gasteiger partial charge on any atom is -0.490 e. The minimum absolute atomic E-state index is 0.233. The lowest BCUT2D eigenvalue weighted by Crippen LogP contribution is -2.51. The fraction of sp³-hybridized carbons (Fsp3) is 0.562. The third-order valence-electron chi connectivity index (χ3n) is 4.21. The highest BCUT2D eigenvalue weighted by Crippen LogP contribution is 2.39. The van der Waals surface area contributed by atoms with Crippen molar-refractivity contribution in [2.45, 2.75) is 38.8 Å². The molecule has 2 N–H and O–H groups in total. The first-order chi connectivity index (χ1) is 10.0. The Bertz CT molecular complexity index is 571. The van der Waals surface area contributed by atoms with Crippen LogP contribution in [0, 0.1) is 0 Å². The monoisotopic (exact) mass is 289 g/mol. The predicted octanol–water partition coefficient (Wildman–Crippen LogP) is 2.10. The van der Waals surface area contributed by atoms with Gasteiger partial charge in [-0.05, 0) is 38.5 Å². The first kappa shape index (κ1) is 14.0. The van der Waals surface area contributed by atoms with Gasteiger partial charge in [0, 0.05) is 12.5 Å². The van der Waals surface area contributed by atoms with Crippen LogP contribution in [0.3, 0.4) is 0 Å². The van der Waals surface area contributed by atoms with E-state index in [9.17, 15) is 0 Å². The quantitative estimate of drug-likeness (QED) is 0.906. The van der Waals surface area contributed by atoms with Crippen molar-refractivity contribution in [2.24, 2.45) is 10.7 Å². The zero-order valence-electron chi connectivity index (χ0n) is 12.9. The van der Waals surface area contributed by atoms with E-state index in [1.54, 1.807) is 0 Å². The molecule has 3 rings (SSSR count). The molecule has 1 aromatic rings. The van der Waals surface area contributed by atoms with Crippen LogP contribution in [0.5, 0.6) is 11.5 Å². The Morgan fingerprint density at radius 3 is 2.67 bits per heavy atom. The second-order valence-corrected chi connectivity index (χ2v) is 6.12. The lowest BCUT2D eigenvalue weighted by atomic mass is 9.89. The number of hydrogen-bond donors (Lipinski definition) is 1. The van der Waals surface area contributed by atoms with Gasteiger partial charge in [-0.1, -0.05) is 6.07 Å². The molecule has 0 amide bonds. The molecule has 0 radical (unpaired) electrons. The van der Waals surface area contributed by atoms with Gasteiger partial charge in [-0.3, -0.25) is 4.99 Å². The SMILES string of the molecule is CC(C)N1C(N)=NCC1(C)c1ccc2c(c1)OCCCO2. The van der Waals surface area contributed by atoms with E-state index < -0.39 is 0 Å². The lowest BCUT2D eigenvalue weighted by molar-refractivity contribution is 0.184. The average molecular weight is 289 g/mol. The maximum Gasteiger partial charge on any atom is 0.192 e. The molecule has 5 nitrogen and oxygen atoms in total. The Morgan fingerprint density at radius 2 is 1.95 bits per heavy atom. The Morgan fingerprint density at radius 1 is 1.24 bits per heavy atom. The average Bonchev–Trinajstić information content (AvgIpc) is 2.64. The van der Waals surface area contributed by atoms with Crippen LogP contribution in [0.2, 0.25) is 0 Å². The number of nitrogens with two attached hydrogens (primary N) is 1. The molecule has 1 atom stereocenters. The Kier molecular flexibility index (Phi) is 3.43. The molecule has 1 unspecified atom stereocenters. The van der Waals surface area contributed by atoms with E-state index in [2.05, 4.69) is 42.8 Å². The van der Waals surface area contributed by atoms with Gasteiger partial charge in [-0.25, -0.2) is 0 Å². The van der Waals surface area contributed by atoms with Crippen molar-refractivity contribution >= 4 is 5.96 Å². The summed E-state index contributed by atoms with van der Waals surface area (Å²) in [6, 6.07) is 6.45. The Labute approximate surface area is 125 Å². The van der Waals surface area contributed by atoms with Crippen LogP contribution in [0.15, 0.2) is 23.2 Å². The van der Waals surface area contributed by atoms with Crippen molar-refractivity contribution in [3.8, 4) is 11.5 Å². The van der Waals surface area contributed by atoms with Crippen molar-refractivity contribution in [3.63, 3.8) is 0 Å². The van der Waals surface area contributed by atoms with Gasteiger partial charge in [0.1, 0.15) is 0 Å². The van der Waals surface area contributed by atoms with E-state index in [4.69, 9.17) is 15.2 Å². The van der Waals surface area contributed by atoms with Gasteiger partial charge in [-0.15, -0.1) is 0 Å². The molecular weight excluding hydrogens is 266 g/mol. The van der Waals surface area contributed by atoms with E-state index in [1.807, 2.05) is 6.07 Å². The van der Waals surface area contributed by atoms with E-state index >= 15 is 0 Å². The van der Waals surface area contributed by atoms with Crippen molar-refractivity contribution in [1.82, 2.24) is 4.90 Å². The molecule has 0 aliphatic carbocycles. The normalized spacial score (nSPS) is 25.0. The molecule has 0 bridgehead atoms. The van der Waals surface area contributed by atoms with Gasteiger partial charge in [-0.2, -0.15) is 0 Å². The lowest BCUT2D eigenvalue weighted by Gasteiger charge is -2.39. The molecule has 2 aliphatic rings. The van der Waals surface area contributed by atoms with Gasteiger partial charge in [0.2, 0.25) is 0 Å². The molecule has 21 heavy (non-hydrogen) atoms. The third-order valence-corrected chi connectivity index (χ3v) is 4.21. The fourth-order valence-electron chi connectivity index (χ4n) is 3.20. The minimum atomic E-state index is -0.233. The van der Waals surface area contributed by atoms with E-state index in [-0.39, 0.29) is 11.6 Å². The highest BCUT2D eigenvalue weighted by molar-refractivity contribution is 5.81. The number of nitrogens with zero attached hydrogens (tertiary/aromatic N) is 2. The summed E-state index contributed by atoms with van der Waals surface area (Å²) in [6.45, 7) is 8.51. The highest BCUT2D eigenvalue weighted by atomic mass is 16.5. The first-order valence-corrected chi connectivity index (χ1v) is 7.52. The van der Waals surface area contributed by atoms with Crippen LogP contribution in [0.4, 0.5) is 0 Å². The summed E-state index contributed by atoms with van der Waals surface area (Å²) in [4.78, 5) is 6.62. The second-order valence-electron chi connectivity index (χ2n) is 6.12. The van der Waals surface area contributed by atoms with E-state index in [0.29, 0.717) is 25.7 Å². The van der Waals surface area contributed by atoms with Gasteiger partial charge < -0.3 is 20.1 Å². The number of hydrogen-bond acceptors (Lipinski definition) is 5. The number of aliphatic imine (C=N–C) groups is 1. The van der Waals surface area contributed by atoms with Crippen molar-refractivity contribution in [2.75, 3.05) is 19.8 Å². The first-order valence-electron chi connectivity index (χ1n) is 7.52. The molecule has 114 valence electrons. The topological polar surface area (TPSA) is 60.1 Å². The largest absolute Gasteiger partial charge is 0.490 e. The molecular formula is C16H23N3O2. The summed E-state index contributed by atoms with van der Waals surface area (Å²) < 4.78 is 11.5. The summed E-state index contributed by atoms with van der Waals surface area (Å²) in [7, 11) is 0. The molecule has 5 heteroatoms. The van der Waals surface area contributed by atoms with Gasteiger partial charge in [0.25, 0.3) is 0 Å². The van der Waals surface area contributed by atoms with Crippen molar-refractivity contribution < 1.29 is 9.47 Å². The zero-order valence-corrected chi connectivity index (χ0v) is 12.9. The number of guanidine groups is 1. The molecule has 0 spiro atoms. The Hall–Kier alpha value is -1.91. The summed E-state index contributed by atoms with van der Waals surface area (Å²) >= 11 is 0. The zero-order chi connectivity index (χ0) is 15.0. The summed E-state index contributed by atoms with van der Waals surface area (Å²) in [5, 5.41) is 0. The number of benzene rings is 1. The number of rotatable bonds is 2. The predicted molar refractivity (Wildman–Crippen MR) is 82.9 cm³/mol. The van der Waals surface area contributed by atoms with E-state index in [1.165, 1.54) is 0 Å². The maximum atomic E-state index is 6.08. The van der Waals surface area contributed by atoms with Crippen LogP contribution < -0.4 is 15.2 Å². The molecule has 1 aromatic carbocycles. The second kappa shape index (κ2) is 5.13. The summed E-state index contributed by atoms with van der Waals surface area (Å²) in [5.74, 6) is 2.25. The third kappa shape index (κ3) is 2.30. The molecule has 2 heterocycles. The van der Waals surface area contributed by atoms with Crippen LogP contribution in [0.25, 0.3) is 0 Å². The van der Waals surface area contributed by atoms with E-state index in [0.717, 1.165) is 23.5 Å². The fourth-order valence-corrected chi connectivity index (χ4v) is 3.20. The van der Waals surface area contributed by atoms with Crippen molar-refractivity contribution in [1.29, 1.82) is 0 Å². The number of ether oxygens (including phenoxy) is 2. The van der Waals surface area contributed by atoms with Gasteiger partial charge in [0.05, 0.1) is 25.3 Å². The summed E-state index contributed by atoms with van der Waals surface area (Å²) in [6.07, 6.45) is 0.912. The standard InChI is InChI=1S/C16H23N3O2/c1-11(2)19-15(17)18-10-16(19,3)12-5-6-13-14(9-12)21-8-4-7-20-13/h5-6,9,11H,4,7-8,10H2,1-3H3,(H2,17,18). The maximum absolute atomic E-state index is 6.08. The molecule has 0 aromatic heterocycles. The van der Waals surface area contributed by atoms with Gasteiger partial charge in [0.15, 0.2) is 17.5 Å². The Balaban J connectivity index is 1.98. The molecule has 0 fully saturated rings. The van der Waals surface area contributed by atoms with Crippen molar-refractivity contribution in [3.05, 3.63) is 23.8 Å². The van der Waals surface area contributed by atoms with Crippen LogP contribution in [-0.4, -0.2) is 36.7 Å². The van der Waals surface area contributed by atoms with Crippen LogP contribution >= 0.6 is 0 Å². The van der Waals surface area contributed by atoms with Gasteiger partial charge >= 0.3 is 0 Å². The van der Waals surface area contributed by atoms with Crippen LogP contribution in [0.1, 0.15) is 32.8 Å². The molecule has 0 saturated carbocycles. The molecule has 2 aliphatic heterocycles. The van der Waals surface area contributed by atoms with Crippen LogP contribution in [-0.2, 0) is 5.54 Å². The summed E-state index contributed by atoms with van der Waals surface area (Å²) in [5.41, 5.74) is 7.00.